The van der Waals surface area contributed by atoms with Gasteiger partial charge in [-0.25, -0.2) is 0 Å². The number of nitrogens with zero attached hydrogens (tertiary/aromatic N) is 1. The van der Waals surface area contributed by atoms with Crippen LogP contribution in [0, 0.1) is 6.92 Å². The molecular weight excluding hydrogens is 176 g/mol. The summed E-state index contributed by atoms with van der Waals surface area (Å²) in [6.07, 6.45) is 3.27. The molecule has 0 atom stereocenters. The standard InChI is InChI=1S/C11H12N2O/c1-7-9(14)5-4-8-11(7)13-6-2-3-10(13)12-8/h3-5,12,14H,2,6H2,1H3. The molecule has 0 spiro atoms. The summed E-state index contributed by atoms with van der Waals surface area (Å²) in [5.74, 6) is 1.53. The number of phenolic OH excluding ortho intramolecular Hbond substituents is 1. The summed E-state index contributed by atoms with van der Waals surface area (Å²) < 4.78 is 0. The van der Waals surface area contributed by atoms with Crippen LogP contribution in [-0.4, -0.2) is 11.7 Å². The Hall–Kier alpha value is -1.64. The first kappa shape index (κ1) is 7.74. The molecule has 0 amide bonds. The van der Waals surface area contributed by atoms with Crippen molar-refractivity contribution in [3.63, 3.8) is 0 Å². The lowest BCUT2D eigenvalue weighted by Gasteiger charge is -2.16. The summed E-state index contributed by atoms with van der Waals surface area (Å²) in [6, 6.07) is 3.67. The monoisotopic (exact) mass is 188 g/mol. The molecule has 3 nitrogen and oxygen atoms in total. The topological polar surface area (TPSA) is 35.5 Å². The highest BCUT2D eigenvalue weighted by atomic mass is 16.3. The van der Waals surface area contributed by atoms with Crippen LogP contribution in [0.5, 0.6) is 5.75 Å². The summed E-state index contributed by atoms with van der Waals surface area (Å²) in [5, 5.41) is 13.0. The average Bonchev–Trinajstić information content (AvgIpc) is 2.70. The van der Waals surface area contributed by atoms with Crippen LogP contribution >= 0.6 is 0 Å². The third-order valence-electron chi connectivity index (χ3n) is 2.92. The Bertz CT molecular complexity index is 437. The van der Waals surface area contributed by atoms with E-state index in [0.29, 0.717) is 5.75 Å². The Balaban J connectivity index is 2.22. The van der Waals surface area contributed by atoms with Gasteiger partial charge in [-0.15, -0.1) is 0 Å². The van der Waals surface area contributed by atoms with Crippen LogP contribution in [0.1, 0.15) is 12.0 Å². The molecule has 1 aromatic carbocycles. The first-order chi connectivity index (χ1) is 6.77. The molecule has 0 bridgehead atoms. The summed E-state index contributed by atoms with van der Waals surface area (Å²) >= 11 is 0. The molecule has 1 aromatic rings. The molecule has 0 saturated carbocycles. The highest BCUT2D eigenvalue weighted by molar-refractivity contribution is 5.85. The zero-order chi connectivity index (χ0) is 9.71. The van der Waals surface area contributed by atoms with Crippen molar-refractivity contribution in [2.24, 2.45) is 0 Å². The molecule has 0 unspecified atom stereocenters. The molecular formula is C11H12N2O. The van der Waals surface area contributed by atoms with Gasteiger partial charge < -0.3 is 15.3 Å². The molecule has 72 valence electrons. The van der Waals surface area contributed by atoms with E-state index in [2.05, 4.69) is 16.3 Å². The zero-order valence-electron chi connectivity index (χ0n) is 8.04. The van der Waals surface area contributed by atoms with Gasteiger partial charge in [0.1, 0.15) is 11.6 Å². The van der Waals surface area contributed by atoms with E-state index >= 15 is 0 Å². The minimum absolute atomic E-state index is 0.374. The first-order valence-electron chi connectivity index (χ1n) is 4.84. The normalized spacial score (nSPS) is 17.5. The minimum Gasteiger partial charge on any atom is -0.508 e. The van der Waals surface area contributed by atoms with Gasteiger partial charge in [0, 0.05) is 12.1 Å². The molecule has 3 rings (SSSR count). The van der Waals surface area contributed by atoms with E-state index in [1.165, 1.54) is 0 Å². The number of fused-ring (bicyclic) bond motifs is 3. The number of aromatic hydroxyl groups is 1. The van der Waals surface area contributed by atoms with Crippen LogP contribution in [0.25, 0.3) is 0 Å². The van der Waals surface area contributed by atoms with Crippen molar-refractivity contribution in [3.8, 4) is 5.75 Å². The Morgan fingerprint density at radius 2 is 2.29 bits per heavy atom. The van der Waals surface area contributed by atoms with E-state index in [1.807, 2.05) is 13.0 Å². The quantitative estimate of drug-likeness (QED) is 0.612. The smallest absolute Gasteiger partial charge is 0.120 e. The molecule has 14 heavy (non-hydrogen) atoms. The molecule has 0 saturated heterocycles. The first-order valence-corrected chi connectivity index (χ1v) is 4.84. The van der Waals surface area contributed by atoms with E-state index in [1.54, 1.807) is 6.07 Å². The molecule has 0 aliphatic carbocycles. The van der Waals surface area contributed by atoms with Gasteiger partial charge in [0.2, 0.25) is 0 Å². The second kappa shape index (κ2) is 2.44. The number of anilines is 2. The van der Waals surface area contributed by atoms with E-state index in [-0.39, 0.29) is 0 Å². The lowest BCUT2D eigenvalue weighted by atomic mass is 10.1. The van der Waals surface area contributed by atoms with Gasteiger partial charge in [0.25, 0.3) is 0 Å². The molecule has 2 heterocycles. The van der Waals surface area contributed by atoms with E-state index in [9.17, 15) is 5.11 Å². The zero-order valence-corrected chi connectivity index (χ0v) is 8.04. The Kier molecular flexibility index (Phi) is 1.35. The van der Waals surface area contributed by atoms with Gasteiger partial charge in [0.05, 0.1) is 11.4 Å². The van der Waals surface area contributed by atoms with Crippen molar-refractivity contribution in [2.45, 2.75) is 13.3 Å². The van der Waals surface area contributed by atoms with Gasteiger partial charge in [-0.3, -0.25) is 0 Å². The summed E-state index contributed by atoms with van der Waals surface area (Å²) in [6.45, 7) is 2.97. The largest absolute Gasteiger partial charge is 0.508 e. The molecule has 3 heteroatoms. The number of hydrogen-bond donors (Lipinski definition) is 2. The third kappa shape index (κ3) is 0.816. The second-order valence-electron chi connectivity index (χ2n) is 3.76. The molecule has 0 radical (unpaired) electrons. The summed E-state index contributed by atoms with van der Waals surface area (Å²) in [7, 11) is 0. The van der Waals surface area contributed by atoms with Crippen molar-refractivity contribution >= 4 is 11.4 Å². The Morgan fingerprint density at radius 3 is 3.14 bits per heavy atom. The fourth-order valence-corrected chi connectivity index (χ4v) is 2.19. The summed E-state index contributed by atoms with van der Waals surface area (Å²) in [5.41, 5.74) is 3.19. The molecule has 0 fully saturated rings. The van der Waals surface area contributed by atoms with Gasteiger partial charge >= 0.3 is 0 Å². The van der Waals surface area contributed by atoms with Crippen molar-refractivity contribution in [2.75, 3.05) is 16.8 Å². The lowest BCUT2D eigenvalue weighted by molar-refractivity contribution is 0.471. The van der Waals surface area contributed by atoms with Crippen LogP contribution in [0.15, 0.2) is 24.0 Å². The van der Waals surface area contributed by atoms with Gasteiger partial charge in [-0.05, 0) is 31.6 Å². The highest BCUT2D eigenvalue weighted by Crippen LogP contribution is 2.44. The van der Waals surface area contributed by atoms with Crippen molar-refractivity contribution in [1.29, 1.82) is 0 Å². The molecule has 2 N–H and O–H groups in total. The second-order valence-corrected chi connectivity index (χ2v) is 3.76. The van der Waals surface area contributed by atoms with E-state index in [4.69, 9.17) is 0 Å². The predicted octanol–water partition coefficient (Wildman–Crippen LogP) is 2.18. The number of benzene rings is 1. The highest BCUT2D eigenvalue weighted by Gasteiger charge is 2.28. The summed E-state index contributed by atoms with van der Waals surface area (Å²) in [4.78, 5) is 2.23. The SMILES string of the molecule is Cc1c(O)ccc2c1N1CCC=C1N2. The van der Waals surface area contributed by atoms with Crippen LogP contribution in [-0.2, 0) is 0 Å². The molecule has 2 aliphatic heterocycles. The van der Waals surface area contributed by atoms with Gasteiger partial charge in [-0.1, -0.05) is 0 Å². The Labute approximate surface area is 82.7 Å². The van der Waals surface area contributed by atoms with Crippen molar-refractivity contribution in [1.82, 2.24) is 0 Å². The maximum atomic E-state index is 9.63. The molecule has 0 aromatic heterocycles. The maximum absolute atomic E-state index is 9.63. The van der Waals surface area contributed by atoms with E-state index < -0.39 is 0 Å². The van der Waals surface area contributed by atoms with Crippen LogP contribution in [0.4, 0.5) is 11.4 Å². The number of nitrogens with one attached hydrogen (secondary N) is 1. The van der Waals surface area contributed by atoms with Crippen LogP contribution in [0.2, 0.25) is 0 Å². The van der Waals surface area contributed by atoms with Gasteiger partial charge in [-0.2, -0.15) is 0 Å². The predicted molar refractivity (Wildman–Crippen MR) is 56.5 cm³/mol. The van der Waals surface area contributed by atoms with E-state index in [0.717, 1.165) is 35.7 Å². The molecule has 2 aliphatic rings. The maximum Gasteiger partial charge on any atom is 0.120 e. The third-order valence-corrected chi connectivity index (χ3v) is 2.92. The number of hydrogen-bond acceptors (Lipinski definition) is 3. The van der Waals surface area contributed by atoms with Gasteiger partial charge in [0.15, 0.2) is 0 Å². The fraction of sp³-hybridized carbons (Fsp3) is 0.273. The minimum atomic E-state index is 0.374. The Morgan fingerprint density at radius 1 is 1.43 bits per heavy atom. The number of rotatable bonds is 0. The fourth-order valence-electron chi connectivity index (χ4n) is 2.19. The van der Waals surface area contributed by atoms with Crippen LogP contribution in [0.3, 0.4) is 0 Å². The van der Waals surface area contributed by atoms with Crippen molar-refractivity contribution < 1.29 is 5.11 Å². The number of phenols is 1. The average molecular weight is 188 g/mol. The van der Waals surface area contributed by atoms with Crippen LogP contribution < -0.4 is 10.2 Å². The van der Waals surface area contributed by atoms with Crippen molar-refractivity contribution in [3.05, 3.63) is 29.6 Å². The lowest BCUT2D eigenvalue weighted by Crippen LogP contribution is -2.16.